The summed E-state index contributed by atoms with van der Waals surface area (Å²) >= 11 is 0. The highest BCUT2D eigenvalue weighted by molar-refractivity contribution is 5.93. The number of para-hydroxylation sites is 1. The number of fused-ring (bicyclic) bond motifs is 1. The van der Waals surface area contributed by atoms with E-state index >= 15 is 0 Å². The van der Waals surface area contributed by atoms with E-state index in [0.29, 0.717) is 19.1 Å². The van der Waals surface area contributed by atoms with E-state index < -0.39 is 41.9 Å². The molecule has 53 heavy (non-hydrogen) atoms. The molecule has 1 heterocycles. The molecule has 0 saturated heterocycles. The van der Waals surface area contributed by atoms with Crippen molar-refractivity contribution >= 4 is 40.7 Å². The summed E-state index contributed by atoms with van der Waals surface area (Å²) in [5.41, 5.74) is 11.4. The van der Waals surface area contributed by atoms with Gasteiger partial charge in [-0.2, -0.15) is 0 Å². The van der Waals surface area contributed by atoms with Crippen LogP contribution in [0.3, 0.4) is 0 Å². The van der Waals surface area contributed by atoms with Gasteiger partial charge in [0.2, 0.25) is 11.8 Å². The number of primary amides is 1. The number of nitrogens with two attached hydrogens (primary N) is 1. The normalized spacial score (nSPS) is 12.1. The van der Waals surface area contributed by atoms with E-state index in [9.17, 15) is 24.0 Å². The topological polar surface area (TPSA) is 200 Å². The number of urea groups is 2. The fraction of sp³-hybridized carbons (Fsp3) is 0.359. The molecule has 0 saturated carbocycles. The van der Waals surface area contributed by atoms with Crippen molar-refractivity contribution in [3.05, 3.63) is 108 Å². The fourth-order valence-electron chi connectivity index (χ4n) is 5.47. The van der Waals surface area contributed by atoms with Crippen LogP contribution in [-0.4, -0.2) is 71.6 Å². The molecule has 0 aliphatic carbocycles. The van der Waals surface area contributed by atoms with Crippen molar-refractivity contribution in [2.45, 2.75) is 64.8 Å². The number of aromatic nitrogens is 1. The summed E-state index contributed by atoms with van der Waals surface area (Å²) in [6.45, 7) is 5.24. The summed E-state index contributed by atoms with van der Waals surface area (Å²) in [7, 11) is 0. The summed E-state index contributed by atoms with van der Waals surface area (Å²) in [4.78, 5) is 69.1. The van der Waals surface area contributed by atoms with Gasteiger partial charge in [0.05, 0.1) is 19.8 Å². The van der Waals surface area contributed by atoms with Gasteiger partial charge in [0.15, 0.2) is 0 Å². The van der Waals surface area contributed by atoms with Crippen molar-refractivity contribution in [1.29, 1.82) is 0 Å². The van der Waals surface area contributed by atoms with Crippen LogP contribution in [0.5, 0.6) is 0 Å². The number of amides is 7. The Bertz CT molecular complexity index is 1780. The zero-order valence-corrected chi connectivity index (χ0v) is 30.2. The lowest BCUT2D eigenvalue weighted by Gasteiger charge is -2.28. The first-order valence-electron chi connectivity index (χ1n) is 17.8. The number of hydrogen-bond acceptors (Lipinski definition) is 6. The van der Waals surface area contributed by atoms with Gasteiger partial charge in [0, 0.05) is 43.0 Å². The average molecular weight is 727 g/mol. The number of carbonyl (C=O) groups is 5. The lowest BCUT2D eigenvalue weighted by atomic mass is 10.0. The average Bonchev–Trinajstić information content (AvgIpc) is 3.55. The summed E-state index contributed by atoms with van der Waals surface area (Å²) < 4.78 is 5.71. The van der Waals surface area contributed by atoms with Crippen molar-refractivity contribution in [3.8, 4) is 0 Å². The highest BCUT2D eigenvalue weighted by Gasteiger charge is 2.30. The van der Waals surface area contributed by atoms with Crippen molar-refractivity contribution in [3.63, 3.8) is 0 Å². The maximum Gasteiger partial charge on any atom is 0.336 e. The summed E-state index contributed by atoms with van der Waals surface area (Å²) in [5.74, 6) is -1.67. The molecule has 0 aliphatic heterocycles. The SMILES string of the molecule is CC(C)CCNC(=O)NC(CCC(N)=O)C(=O)NC(Cc1c[nH]c2ccccc12)C(=O)NN(Cc1ccccc1)C(=O)NCCOCc1ccccc1. The maximum atomic E-state index is 14.1. The summed E-state index contributed by atoms with van der Waals surface area (Å²) in [6, 6.07) is 22.7. The van der Waals surface area contributed by atoms with Crippen LogP contribution in [-0.2, 0) is 38.7 Å². The number of benzene rings is 3. The van der Waals surface area contributed by atoms with E-state index in [-0.39, 0.29) is 39.0 Å². The number of hydrogen-bond donors (Lipinski definition) is 7. The quantitative estimate of drug-likeness (QED) is 0.0568. The molecule has 0 bridgehead atoms. The van der Waals surface area contributed by atoms with Gasteiger partial charge in [-0.25, -0.2) is 14.6 Å². The first-order chi connectivity index (χ1) is 25.6. The van der Waals surface area contributed by atoms with Crippen molar-refractivity contribution in [1.82, 2.24) is 36.7 Å². The number of carbonyl (C=O) groups excluding carboxylic acids is 5. The fourth-order valence-corrected chi connectivity index (χ4v) is 5.47. The standard InChI is InChI=1S/C39H50N8O6/c1-27(2)19-20-41-38(51)45-33(17-18-35(40)48)36(49)44-34(23-30-24-43-32-16-10-9-15-31(30)32)37(50)46-47(25-28-11-5-3-6-12-28)39(52)42-21-22-53-26-29-13-7-4-8-14-29/h3-16,24,27,33-34,43H,17-23,25-26H2,1-2H3,(H2,40,48)(H,42,52)(H,44,49)(H,46,50)(H2,41,45,51). The zero-order valence-electron chi connectivity index (χ0n) is 30.2. The first kappa shape index (κ1) is 39.9. The lowest BCUT2D eigenvalue weighted by molar-refractivity contribution is -0.132. The Balaban J connectivity index is 1.51. The van der Waals surface area contributed by atoms with E-state index in [1.54, 1.807) is 6.20 Å². The highest BCUT2D eigenvalue weighted by atomic mass is 16.5. The third kappa shape index (κ3) is 13.6. The van der Waals surface area contributed by atoms with Crippen molar-refractivity contribution in [2.75, 3.05) is 19.7 Å². The number of aromatic amines is 1. The molecule has 282 valence electrons. The van der Waals surface area contributed by atoms with Crippen LogP contribution in [0.25, 0.3) is 10.9 Å². The summed E-state index contributed by atoms with van der Waals surface area (Å²) in [6.07, 6.45) is 2.26. The predicted octanol–water partition coefficient (Wildman–Crippen LogP) is 3.63. The Morgan fingerprint density at radius 2 is 1.45 bits per heavy atom. The van der Waals surface area contributed by atoms with Gasteiger partial charge in [0.1, 0.15) is 12.1 Å². The Labute approximate surface area is 309 Å². The van der Waals surface area contributed by atoms with Gasteiger partial charge >= 0.3 is 12.1 Å². The Morgan fingerprint density at radius 3 is 2.15 bits per heavy atom. The van der Waals surface area contributed by atoms with E-state index in [0.717, 1.165) is 39.0 Å². The van der Waals surface area contributed by atoms with E-state index in [1.165, 1.54) is 0 Å². The van der Waals surface area contributed by atoms with Gasteiger partial charge < -0.3 is 36.7 Å². The third-order valence-electron chi connectivity index (χ3n) is 8.35. The van der Waals surface area contributed by atoms with E-state index in [4.69, 9.17) is 10.5 Å². The molecular weight excluding hydrogens is 676 g/mol. The molecule has 1 aromatic heterocycles. The molecule has 14 heteroatoms. The molecule has 14 nitrogen and oxygen atoms in total. The van der Waals surface area contributed by atoms with Crippen LogP contribution in [0.15, 0.2) is 91.1 Å². The largest absolute Gasteiger partial charge is 0.375 e. The van der Waals surface area contributed by atoms with Crippen molar-refractivity contribution in [2.24, 2.45) is 11.7 Å². The maximum absolute atomic E-state index is 14.1. The van der Waals surface area contributed by atoms with Crippen molar-refractivity contribution < 1.29 is 28.7 Å². The number of hydrazine groups is 1. The minimum absolute atomic E-state index is 0.0242. The predicted molar refractivity (Wildman–Crippen MR) is 202 cm³/mol. The van der Waals surface area contributed by atoms with Crippen LogP contribution >= 0.6 is 0 Å². The van der Waals surface area contributed by atoms with Gasteiger partial charge in [-0.05, 0) is 41.5 Å². The van der Waals surface area contributed by atoms with Gasteiger partial charge in [0.25, 0.3) is 5.91 Å². The minimum atomic E-state index is -1.20. The number of H-pyrrole nitrogens is 1. The molecule has 2 unspecified atom stereocenters. The van der Waals surface area contributed by atoms with Crippen LogP contribution in [0, 0.1) is 5.92 Å². The van der Waals surface area contributed by atoms with Crippen LogP contribution < -0.4 is 32.4 Å². The number of ether oxygens (including phenoxy) is 1. The van der Waals surface area contributed by atoms with Crippen LogP contribution in [0.1, 0.15) is 49.8 Å². The molecule has 4 aromatic rings. The van der Waals surface area contributed by atoms with Crippen LogP contribution in [0.2, 0.25) is 0 Å². The molecule has 0 fully saturated rings. The Hall–Kier alpha value is -5.89. The second-order valence-electron chi connectivity index (χ2n) is 13.1. The molecule has 7 amide bonds. The van der Waals surface area contributed by atoms with Gasteiger partial charge in [-0.1, -0.05) is 92.7 Å². The smallest absolute Gasteiger partial charge is 0.336 e. The number of rotatable bonds is 19. The third-order valence-corrected chi connectivity index (χ3v) is 8.35. The molecule has 2 atom stereocenters. The molecule has 0 spiro atoms. The zero-order chi connectivity index (χ0) is 38.0. The van der Waals surface area contributed by atoms with Gasteiger partial charge in [-0.3, -0.25) is 19.8 Å². The number of nitrogens with one attached hydrogen (secondary N) is 6. The Kier molecular flexibility index (Phi) is 15.7. The second kappa shape index (κ2) is 20.8. The second-order valence-corrected chi connectivity index (χ2v) is 13.1. The summed E-state index contributed by atoms with van der Waals surface area (Å²) in [5, 5.41) is 12.9. The lowest BCUT2D eigenvalue weighted by Crippen LogP contribution is -2.59. The highest BCUT2D eigenvalue weighted by Crippen LogP contribution is 2.19. The molecule has 8 N–H and O–H groups in total. The van der Waals surface area contributed by atoms with E-state index in [1.807, 2.05) is 98.8 Å². The number of nitrogens with zero attached hydrogens (tertiary/aromatic N) is 1. The molecule has 4 rings (SSSR count). The molecule has 0 aliphatic rings. The molecule has 3 aromatic carbocycles. The van der Waals surface area contributed by atoms with E-state index in [2.05, 4.69) is 31.7 Å². The Morgan fingerprint density at radius 1 is 0.774 bits per heavy atom. The monoisotopic (exact) mass is 726 g/mol. The molecular formula is C39H50N8O6. The van der Waals surface area contributed by atoms with Gasteiger partial charge in [-0.15, -0.1) is 0 Å². The minimum Gasteiger partial charge on any atom is -0.375 e. The van der Waals surface area contributed by atoms with Crippen LogP contribution in [0.4, 0.5) is 9.59 Å². The first-order valence-corrected chi connectivity index (χ1v) is 17.8. The molecule has 0 radical (unpaired) electrons.